The van der Waals surface area contributed by atoms with Gasteiger partial charge in [-0.05, 0) is 36.8 Å². The van der Waals surface area contributed by atoms with E-state index in [4.69, 9.17) is 4.42 Å². The van der Waals surface area contributed by atoms with Gasteiger partial charge in [-0.3, -0.25) is 9.59 Å². The first-order valence-electron chi connectivity index (χ1n) is 9.98. The molecule has 1 N–H and O–H groups in total. The molecule has 3 rings (SSSR count). The molecule has 0 fully saturated rings. The number of benzene rings is 2. The maximum atomic E-state index is 12.9. The first-order valence-corrected chi connectivity index (χ1v) is 9.98. The molecule has 5 nitrogen and oxygen atoms in total. The van der Waals surface area contributed by atoms with Crippen molar-refractivity contribution < 1.29 is 18.4 Å². The van der Waals surface area contributed by atoms with Gasteiger partial charge in [-0.1, -0.05) is 42.5 Å². The number of carbonyl (C=O) groups excluding carboxylic acids is 2. The summed E-state index contributed by atoms with van der Waals surface area (Å²) < 4.78 is 18.8. The number of aryl methyl sites for hydroxylation is 1. The molecular weight excluding hydrogens is 383 g/mol. The topological polar surface area (TPSA) is 62.6 Å². The van der Waals surface area contributed by atoms with Gasteiger partial charge in [-0.2, -0.15) is 0 Å². The average Bonchev–Trinajstić information content (AvgIpc) is 3.25. The second-order valence-electron chi connectivity index (χ2n) is 6.94. The largest absolute Gasteiger partial charge is 0.461 e. The average molecular weight is 408 g/mol. The summed E-state index contributed by atoms with van der Waals surface area (Å²) in [7, 11) is 0. The molecule has 0 aliphatic heterocycles. The van der Waals surface area contributed by atoms with Crippen molar-refractivity contribution in [3.05, 3.63) is 83.9 Å². The predicted molar refractivity (Wildman–Crippen MR) is 113 cm³/mol. The number of likely N-dealkylation sites (N-methyl/N-ethyl adjacent to an activating group) is 1. The van der Waals surface area contributed by atoms with E-state index in [2.05, 4.69) is 5.32 Å². The normalized spacial score (nSPS) is 10.6. The third kappa shape index (κ3) is 6.04. The summed E-state index contributed by atoms with van der Waals surface area (Å²) in [6.45, 7) is 2.56. The van der Waals surface area contributed by atoms with Crippen LogP contribution in [0.3, 0.4) is 0 Å². The van der Waals surface area contributed by atoms with Gasteiger partial charge in [0.25, 0.3) is 0 Å². The van der Waals surface area contributed by atoms with Crippen LogP contribution in [0.1, 0.15) is 24.7 Å². The molecule has 0 saturated heterocycles. The van der Waals surface area contributed by atoms with E-state index >= 15 is 0 Å². The van der Waals surface area contributed by atoms with Crippen LogP contribution in [0, 0.1) is 5.82 Å². The molecule has 0 bridgehead atoms. The van der Waals surface area contributed by atoms with Crippen LogP contribution in [0.25, 0.3) is 11.3 Å². The van der Waals surface area contributed by atoms with Crippen LogP contribution in [-0.2, 0) is 22.6 Å². The maximum absolute atomic E-state index is 12.9. The van der Waals surface area contributed by atoms with E-state index in [1.807, 2.05) is 49.4 Å². The summed E-state index contributed by atoms with van der Waals surface area (Å²) in [6.07, 6.45) is 0.736. The molecule has 6 heteroatoms. The van der Waals surface area contributed by atoms with Crippen molar-refractivity contribution in [2.45, 2.75) is 26.3 Å². The standard InChI is InChI=1S/C24H25FN2O3/c1-2-27(17-23(28)26-16-18-8-10-20(25)11-9-18)24(29)15-13-21-12-14-22(30-21)19-6-4-3-5-7-19/h3-12,14H,2,13,15-17H2,1H3,(H,26,28). The van der Waals surface area contributed by atoms with E-state index in [1.54, 1.807) is 12.1 Å². The first-order chi connectivity index (χ1) is 14.5. The van der Waals surface area contributed by atoms with Crippen molar-refractivity contribution in [1.82, 2.24) is 10.2 Å². The maximum Gasteiger partial charge on any atom is 0.239 e. The number of amides is 2. The van der Waals surface area contributed by atoms with E-state index in [9.17, 15) is 14.0 Å². The SMILES string of the molecule is CCN(CC(=O)NCc1ccc(F)cc1)C(=O)CCc1ccc(-c2ccccc2)o1. The summed E-state index contributed by atoms with van der Waals surface area (Å²) >= 11 is 0. The number of carbonyl (C=O) groups is 2. The summed E-state index contributed by atoms with van der Waals surface area (Å²) in [5, 5.41) is 2.76. The van der Waals surface area contributed by atoms with Crippen LogP contribution in [-0.4, -0.2) is 29.8 Å². The molecule has 1 heterocycles. The van der Waals surface area contributed by atoms with E-state index < -0.39 is 0 Å². The van der Waals surface area contributed by atoms with Gasteiger partial charge in [-0.15, -0.1) is 0 Å². The first kappa shape index (κ1) is 21.3. The number of hydrogen-bond acceptors (Lipinski definition) is 3. The van der Waals surface area contributed by atoms with Crippen molar-refractivity contribution in [3.63, 3.8) is 0 Å². The molecule has 156 valence electrons. The van der Waals surface area contributed by atoms with E-state index in [0.29, 0.717) is 19.5 Å². The Morgan fingerprint density at radius 2 is 1.73 bits per heavy atom. The number of rotatable bonds is 9. The zero-order valence-electron chi connectivity index (χ0n) is 16.9. The van der Waals surface area contributed by atoms with Gasteiger partial charge in [0.05, 0.1) is 6.54 Å². The minimum absolute atomic E-state index is 0.00997. The van der Waals surface area contributed by atoms with Crippen LogP contribution >= 0.6 is 0 Å². The van der Waals surface area contributed by atoms with Crippen molar-refractivity contribution in [2.24, 2.45) is 0 Å². The Labute approximate surface area is 175 Å². The van der Waals surface area contributed by atoms with Gasteiger partial charge < -0.3 is 14.6 Å². The Balaban J connectivity index is 1.46. The molecule has 30 heavy (non-hydrogen) atoms. The van der Waals surface area contributed by atoms with Gasteiger partial charge in [0.15, 0.2) is 0 Å². The zero-order valence-corrected chi connectivity index (χ0v) is 16.9. The number of hydrogen-bond donors (Lipinski definition) is 1. The van der Waals surface area contributed by atoms with Crippen molar-refractivity contribution >= 4 is 11.8 Å². The van der Waals surface area contributed by atoms with Gasteiger partial charge >= 0.3 is 0 Å². The Bertz CT molecular complexity index is 968. The second kappa shape index (κ2) is 10.4. The monoisotopic (exact) mass is 408 g/mol. The molecule has 0 saturated carbocycles. The fraction of sp³-hybridized carbons (Fsp3) is 0.250. The fourth-order valence-electron chi connectivity index (χ4n) is 3.07. The van der Waals surface area contributed by atoms with E-state index in [-0.39, 0.29) is 30.6 Å². The third-order valence-corrected chi connectivity index (χ3v) is 4.78. The molecule has 0 radical (unpaired) electrons. The van der Waals surface area contributed by atoms with Crippen LogP contribution in [0.2, 0.25) is 0 Å². The Morgan fingerprint density at radius 3 is 2.43 bits per heavy atom. The number of halogens is 1. The zero-order chi connectivity index (χ0) is 21.3. The van der Waals surface area contributed by atoms with Crippen LogP contribution in [0.4, 0.5) is 4.39 Å². The highest BCUT2D eigenvalue weighted by Crippen LogP contribution is 2.22. The molecule has 0 aliphatic rings. The van der Waals surface area contributed by atoms with E-state index in [1.165, 1.54) is 17.0 Å². The molecule has 0 unspecified atom stereocenters. The van der Waals surface area contributed by atoms with Gasteiger partial charge in [0, 0.05) is 31.5 Å². The quantitative estimate of drug-likeness (QED) is 0.578. The highest BCUT2D eigenvalue weighted by molar-refractivity contribution is 5.84. The Kier molecular flexibility index (Phi) is 7.38. The van der Waals surface area contributed by atoms with Crippen molar-refractivity contribution in [1.29, 1.82) is 0 Å². The van der Waals surface area contributed by atoms with Gasteiger partial charge in [0.1, 0.15) is 17.3 Å². The summed E-state index contributed by atoms with van der Waals surface area (Å²) in [4.78, 5) is 26.2. The highest BCUT2D eigenvalue weighted by atomic mass is 19.1. The molecule has 0 spiro atoms. The van der Waals surface area contributed by atoms with Crippen molar-refractivity contribution in [2.75, 3.05) is 13.1 Å². The molecule has 3 aromatic rings. The summed E-state index contributed by atoms with van der Waals surface area (Å²) in [5.74, 6) is 0.829. The minimum atomic E-state index is -0.319. The second-order valence-corrected chi connectivity index (χ2v) is 6.94. The lowest BCUT2D eigenvalue weighted by atomic mass is 10.2. The highest BCUT2D eigenvalue weighted by Gasteiger charge is 2.16. The van der Waals surface area contributed by atoms with Gasteiger partial charge in [-0.25, -0.2) is 4.39 Å². The smallest absolute Gasteiger partial charge is 0.239 e. The van der Waals surface area contributed by atoms with Crippen LogP contribution in [0.15, 0.2) is 71.1 Å². The molecule has 2 amide bonds. The summed E-state index contributed by atoms with van der Waals surface area (Å²) in [5.41, 5.74) is 1.79. The lowest BCUT2D eigenvalue weighted by molar-refractivity contribution is -0.135. The van der Waals surface area contributed by atoms with Gasteiger partial charge in [0.2, 0.25) is 11.8 Å². The van der Waals surface area contributed by atoms with Crippen LogP contribution in [0.5, 0.6) is 0 Å². The molecule has 2 aromatic carbocycles. The third-order valence-electron chi connectivity index (χ3n) is 4.78. The summed E-state index contributed by atoms with van der Waals surface area (Å²) in [6, 6.07) is 19.5. The van der Waals surface area contributed by atoms with Crippen molar-refractivity contribution in [3.8, 4) is 11.3 Å². The number of nitrogens with one attached hydrogen (secondary N) is 1. The lowest BCUT2D eigenvalue weighted by Gasteiger charge is -2.20. The molecule has 0 aliphatic carbocycles. The van der Waals surface area contributed by atoms with Crippen LogP contribution < -0.4 is 5.32 Å². The predicted octanol–water partition coefficient (Wildman–Crippen LogP) is 4.18. The Morgan fingerprint density at radius 1 is 1.00 bits per heavy atom. The Hall–Kier alpha value is -3.41. The molecular formula is C24H25FN2O3. The number of furan rings is 1. The molecule has 1 aromatic heterocycles. The number of nitrogens with zero attached hydrogens (tertiary/aromatic N) is 1. The minimum Gasteiger partial charge on any atom is -0.461 e. The lowest BCUT2D eigenvalue weighted by Crippen LogP contribution is -2.40. The van der Waals surface area contributed by atoms with E-state index in [0.717, 1.165) is 22.6 Å². The molecule has 0 atom stereocenters. The fourth-order valence-corrected chi connectivity index (χ4v) is 3.07.